The van der Waals surface area contributed by atoms with Crippen LogP contribution in [-0.4, -0.2) is 36.3 Å². The number of amides is 2. The van der Waals surface area contributed by atoms with E-state index >= 15 is 0 Å². The fourth-order valence-corrected chi connectivity index (χ4v) is 3.89. The number of carbonyl (C=O) groups is 2. The number of hydrogen-bond acceptors (Lipinski definition) is 4. The SMILES string of the molecule is CC(=O)NCC1CCN(C(=O)c2cccc(-c3cc4ccccc4oc3=O)c2)CC1. The molecule has 0 atom stereocenters. The summed E-state index contributed by atoms with van der Waals surface area (Å²) in [5.74, 6) is 0.329. The van der Waals surface area contributed by atoms with Gasteiger partial charge in [-0.2, -0.15) is 0 Å². The van der Waals surface area contributed by atoms with Crippen molar-refractivity contribution in [3.63, 3.8) is 0 Å². The van der Waals surface area contributed by atoms with E-state index in [0.29, 0.717) is 47.8 Å². The summed E-state index contributed by atoms with van der Waals surface area (Å²) in [6.07, 6.45) is 1.72. The monoisotopic (exact) mass is 404 g/mol. The predicted octanol–water partition coefficient (Wildman–Crippen LogP) is 3.45. The molecular weight excluding hydrogens is 380 g/mol. The first-order valence-electron chi connectivity index (χ1n) is 10.2. The number of carbonyl (C=O) groups excluding carboxylic acids is 2. The van der Waals surface area contributed by atoms with Crippen molar-refractivity contribution in [2.75, 3.05) is 19.6 Å². The fraction of sp³-hybridized carbons (Fsp3) is 0.292. The normalized spacial score (nSPS) is 14.6. The molecule has 0 saturated carbocycles. The van der Waals surface area contributed by atoms with Crippen molar-refractivity contribution < 1.29 is 14.0 Å². The van der Waals surface area contributed by atoms with Gasteiger partial charge in [-0.15, -0.1) is 0 Å². The summed E-state index contributed by atoms with van der Waals surface area (Å²) in [5, 5.41) is 3.69. The highest BCUT2D eigenvalue weighted by Crippen LogP contribution is 2.24. The summed E-state index contributed by atoms with van der Waals surface area (Å²) in [6.45, 7) is 3.49. The number of nitrogens with one attached hydrogen (secondary N) is 1. The molecule has 6 nitrogen and oxygen atoms in total. The van der Waals surface area contributed by atoms with Crippen LogP contribution in [0.25, 0.3) is 22.1 Å². The number of fused-ring (bicyclic) bond motifs is 1. The van der Waals surface area contributed by atoms with E-state index in [4.69, 9.17) is 4.42 Å². The van der Waals surface area contributed by atoms with Crippen LogP contribution in [-0.2, 0) is 4.79 Å². The lowest BCUT2D eigenvalue weighted by Gasteiger charge is -2.32. The second-order valence-electron chi connectivity index (χ2n) is 7.74. The summed E-state index contributed by atoms with van der Waals surface area (Å²) in [4.78, 5) is 38.4. The van der Waals surface area contributed by atoms with E-state index in [-0.39, 0.29) is 11.8 Å². The van der Waals surface area contributed by atoms with Gasteiger partial charge in [0.2, 0.25) is 5.91 Å². The van der Waals surface area contributed by atoms with E-state index in [1.807, 2.05) is 29.2 Å². The molecular formula is C24H24N2O4. The maximum atomic E-state index is 13.0. The van der Waals surface area contributed by atoms with Gasteiger partial charge in [-0.1, -0.05) is 30.3 Å². The van der Waals surface area contributed by atoms with E-state index in [2.05, 4.69) is 5.32 Å². The van der Waals surface area contributed by atoms with Crippen molar-refractivity contribution in [1.29, 1.82) is 0 Å². The molecule has 1 saturated heterocycles. The largest absolute Gasteiger partial charge is 0.422 e. The number of benzene rings is 2. The maximum Gasteiger partial charge on any atom is 0.344 e. The molecule has 1 aliphatic rings. The van der Waals surface area contributed by atoms with Crippen LogP contribution in [0.4, 0.5) is 0 Å². The van der Waals surface area contributed by atoms with Gasteiger partial charge in [-0.3, -0.25) is 9.59 Å². The summed E-state index contributed by atoms with van der Waals surface area (Å²) in [5.41, 5.74) is 1.79. The van der Waals surface area contributed by atoms with Crippen molar-refractivity contribution in [3.05, 3.63) is 70.6 Å². The van der Waals surface area contributed by atoms with Crippen LogP contribution < -0.4 is 10.9 Å². The van der Waals surface area contributed by atoms with Crippen LogP contribution in [0.15, 0.2) is 63.8 Å². The van der Waals surface area contributed by atoms with E-state index in [9.17, 15) is 14.4 Å². The Hall–Kier alpha value is -3.41. The summed E-state index contributed by atoms with van der Waals surface area (Å²) in [6, 6.07) is 16.3. The topological polar surface area (TPSA) is 79.6 Å². The molecule has 1 N–H and O–H groups in total. The van der Waals surface area contributed by atoms with Crippen LogP contribution in [0.2, 0.25) is 0 Å². The molecule has 2 amide bonds. The molecule has 6 heteroatoms. The molecule has 154 valence electrons. The number of likely N-dealkylation sites (tertiary alicyclic amines) is 1. The van der Waals surface area contributed by atoms with E-state index in [1.54, 1.807) is 30.3 Å². The van der Waals surface area contributed by atoms with Gasteiger partial charge in [0, 0.05) is 37.5 Å². The minimum Gasteiger partial charge on any atom is -0.422 e. The standard InChI is InChI=1S/C24H24N2O4/c1-16(27)25-15-17-9-11-26(12-10-17)23(28)20-7-4-6-18(13-20)21-14-19-5-2-3-8-22(19)30-24(21)29/h2-8,13-14,17H,9-12,15H2,1H3,(H,25,27). The molecule has 0 spiro atoms. The van der Waals surface area contributed by atoms with Crippen molar-refractivity contribution in [1.82, 2.24) is 10.2 Å². The first kappa shape index (κ1) is 19.9. The van der Waals surface area contributed by atoms with Crippen LogP contribution in [0.3, 0.4) is 0 Å². The molecule has 2 aromatic carbocycles. The predicted molar refractivity (Wildman–Crippen MR) is 115 cm³/mol. The number of piperidine rings is 1. The second kappa shape index (κ2) is 8.53. The Morgan fingerprint density at radius 3 is 2.60 bits per heavy atom. The highest BCUT2D eigenvalue weighted by Gasteiger charge is 2.24. The molecule has 4 rings (SSSR count). The van der Waals surface area contributed by atoms with Crippen LogP contribution in [0.1, 0.15) is 30.1 Å². The maximum absolute atomic E-state index is 13.0. The molecule has 1 aliphatic heterocycles. The van der Waals surface area contributed by atoms with Crippen LogP contribution >= 0.6 is 0 Å². The molecule has 0 unspecified atom stereocenters. The molecule has 1 aromatic heterocycles. The van der Waals surface area contributed by atoms with Crippen molar-refractivity contribution >= 4 is 22.8 Å². The highest BCUT2D eigenvalue weighted by atomic mass is 16.4. The number of hydrogen-bond donors (Lipinski definition) is 1. The Labute approximate surface area is 174 Å². The third-order valence-corrected chi connectivity index (χ3v) is 5.60. The summed E-state index contributed by atoms with van der Waals surface area (Å²) < 4.78 is 5.43. The average molecular weight is 404 g/mol. The Kier molecular flexibility index (Phi) is 5.65. The minimum atomic E-state index is -0.419. The first-order chi connectivity index (χ1) is 14.5. The smallest absolute Gasteiger partial charge is 0.344 e. The first-order valence-corrected chi connectivity index (χ1v) is 10.2. The molecule has 2 heterocycles. The van der Waals surface area contributed by atoms with Crippen LogP contribution in [0.5, 0.6) is 0 Å². The zero-order valence-electron chi connectivity index (χ0n) is 16.9. The van der Waals surface area contributed by atoms with E-state index < -0.39 is 5.63 Å². The zero-order valence-corrected chi connectivity index (χ0v) is 16.9. The lowest BCUT2D eigenvalue weighted by molar-refractivity contribution is -0.119. The van der Waals surface area contributed by atoms with Gasteiger partial charge in [0.25, 0.3) is 5.91 Å². The lowest BCUT2D eigenvalue weighted by atomic mass is 9.96. The summed E-state index contributed by atoms with van der Waals surface area (Å²) >= 11 is 0. The van der Waals surface area contributed by atoms with Gasteiger partial charge in [0.05, 0.1) is 5.56 Å². The van der Waals surface area contributed by atoms with Crippen molar-refractivity contribution in [3.8, 4) is 11.1 Å². The third kappa shape index (κ3) is 4.27. The van der Waals surface area contributed by atoms with E-state index in [0.717, 1.165) is 18.2 Å². The molecule has 0 aliphatic carbocycles. The summed E-state index contributed by atoms with van der Waals surface area (Å²) in [7, 11) is 0. The second-order valence-corrected chi connectivity index (χ2v) is 7.74. The van der Waals surface area contributed by atoms with Gasteiger partial charge in [0.1, 0.15) is 5.58 Å². The molecule has 3 aromatic rings. The molecule has 1 fully saturated rings. The highest BCUT2D eigenvalue weighted by molar-refractivity contribution is 5.95. The van der Waals surface area contributed by atoms with Gasteiger partial charge < -0.3 is 14.6 Å². The molecule has 0 bridgehead atoms. The van der Waals surface area contributed by atoms with Crippen LogP contribution in [0, 0.1) is 5.92 Å². The van der Waals surface area contributed by atoms with Gasteiger partial charge >= 0.3 is 5.63 Å². The lowest BCUT2D eigenvalue weighted by Crippen LogP contribution is -2.41. The Morgan fingerprint density at radius 2 is 1.83 bits per heavy atom. The van der Waals surface area contributed by atoms with Crippen molar-refractivity contribution in [2.45, 2.75) is 19.8 Å². The van der Waals surface area contributed by atoms with Gasteiger partial charge in [-0.25, -0.2) is 4.79 Å². The number of nitrogens with zero attached hydrogens (tertiary/aromatic N) is 1. The quantitative estimate of drug-likeness (QED) is 0.676. The van der Waals surface area contributed by atoms with E-state index in [1.165, 1.54) is 6.92 Å². The number of rotatable bonds is 4. The third-order valence-electron chi connectivity index (χ3n) is 5.60. The molecule has 30 heavy (non-hydrogen) atoms. The molecule has 0 radical (unpaired) electrons. The Balaban J connectivity index is 1.51. The minimum absolute atomic E-state index is 0.0245. The zero-order chi connectivity index (χ0) is 21.1. The Bertz CT molecular complexity index is 1140. The fourth-order valence-electron chi connectivity index (χ4n) is 3.89. The Morgan fingerprint density at radius 1 is 1.07 bits per heavy atom. The average Bonchev–Trinajstić information content (AvgIpc) is 2.77. The van der Waals surface area contributed by atoms with Gasteiger partial charge in [0.15, 0.2) is 0 Å². The number of para-hydroxylation sites is 1. The van der Waals surface area contributed by atoms with Crippen molar-refractivity contribution in [2.24, 2.45) is 5.92 Å². The van der Waals surface area contributed by atoms with Gasteiger partial charge in [-0.05, 0) is 48.6 Å².